The van der Waals surface area contributed by atoms with Crippen LogP contribution in [0.2, 0.25) is 0 Å². The van der Waals surface area contributed by atoms with Crippen molar-refractivity contribution >= 4 is 5.95 Å². The van der Waals surface area contributed by atoms with E-state index in [4.69, 9.17) is 4.74 Å². The number of methoxy groups -OCH3 is 1. The van der Waals surface area contributed by atoms with E-state index >= 15 is 0 Å². The molecule has 0 saturated heterocycles. The molecule has 0 amide bonds. The largest absolute Gasteiger partial charge is 0.383 e. The molecule has 1 saturated carbocycles. The minimum atomic E-state index is 0.301. The predicted octanol–water partition coefficient (Wildman–Crippen LogP) is 1.91. The topological polar surface area (TPSA) is 42.3 Å². The fraction of sp³-hybridized carbons (Fsp3) is 0.786. The Bertz CT molecular complexity index is 400. The zero-order valence-electron chi connectivity index (χ0n) is 12.5. The monoisotopic (exact) mass is 266 g/mol. The summed E-state index contributed by atoms with van der Waals surface area (Å²) in [7, 11) is 3.93. The van der Waals surface area contributed by atoms with E-state index in [1.165, 1.54) is 12.8 Å². The molecule has 5 nitrogen and oxygen atoms in total. The Balaban J connectivity index is 1.87. The fourth-order valence-corrected chi connectivity index (χ4v) is 2.35. The van der Waals surface area contributed by atoms with Crippen LogP contribution in [0.15, 0.2) is 6.20 Å². The third-order valence-corrected chi connectivity index (χ3v) is 3.65. The van der Waals surface area contributed by atoms with Gasteiger partial charge in [-0.3, -0.25) is 0 Å². The number of nitrogens with zero attached hydrogens (tertiary/aromatic N) is 3. The van der Waals surface area contributed by atoms with Gasteiger partial charge in [0.1, 0.15) is 0 Å². The Hall–Kier alpha value is -1.07. The molecule has 1 fully saturated rings. The summed E-state index contributed by atoms with van der Waals surface area (Å²) in [6, 6.07) is 1.12. The van der Waals surface area contributed by atoms with Gasteiger partial charge < -0.3 is 19.5 Å². The number of rotatable bonds is 8. The lowest BCUT2D eigenvalue weighted by atomic mass is 10.3. The zero-order valence-corrected chi connectivity index (χ0v) is 12.5. The first-order chi connectivity index (χ1) is 9.11. The van der Waals surface area contributed by atoms with Gasteiger partial charge in [-0.15, -0.1) is 0 Å². The van der Waals surface area contributed by atoms with E-state index in [0.29, 0.717) is 12.6 Å². The normalized spacial score (nSPS) is 16.9. The van der Waals surface area contributed by atoms with Crippen LogP contribution in [0.3, 0.4) is 0 Å². The van der Waals surface area contributed by atoms with E-state index in [2.05, 4.69) is 39.9 Å². The van der Waals surface area contributed by atoms with E-state index in [1.807, 2.05) is 6.92 Å². The minimum Gasteiger partial charge on any atom is -0.383 e. The highest BCUT2D eigenvalue weighted by atomic mass is 16.5. The molecule has 1 unspecified atom stereocenters. The van der Waals surface area contributed by atoms with Crippen LogP contribution in [0.5, 0.6) is 0 Å². The third kappa shape index (κ3) is 3.94. The Kier molecular flexibility index (Phi) is 4.82. The highest BCUT2D eigenvalue weighted by molar-refractivity contribution is 5.29. The summed E-state index contributed by atoms with van der Waals surface area (Å²) in [5.41, 5.74) is 1.04. The lowest BCUT2D eigenvalue weighted by molar-refractivity contribution is 0.163. The molecule has 1 aliphatic rings. The van der Waals surface area contributed by atoms with Gasteiger partial charge in [-0.2, -0.15) is 0 Å². The highest BCUT2D eigenvalue weighted by Crippen LogP contribution is 2.24. The van der Waals surface area contributed by atoms with Crippen LogP contribution in [-0.2, 0) is 4.74 Å². The number of anilines is 1. The lowest BCUT2D eigenvalue weighted by Gasteiger charge is -2.18. The van der Waals surface area contributed by atoms with Gasteiger partial charge >= 0.3 is 0 Å². The van der Waals surface area contributed by atoms with E-state index in [9.17, 15) is 0 Å². The van der Waals surface area contributed by atoms with Crippen LogP contribution in [0, 0.1) is 6.92 Å². The number of hydrogen-bond donors (Lipinski definition) is 1. The summed E-state index contributed by atoms with van der Waals surface area (Å²) >= 11 is 0. The van der Waals surface area contributed by atoms with Crippen molar-refractivity contribution in [2.24, 2.45) is 0 Å². The van der Waals surface area contributed by atoms with E-state index in [-0.39, 0.29) is 0 Å². The van der Waals surface area contributed by atoms with Crippen LogP contribution in [-0.4, -0.2) is 54.3 Å². The van der Waals surface area contributed by atoms with E-state index in [1.54, 1.807) is 7.11 Å². The summed E-state index contributed by atoms with van der Waals surface area (Å²) in [4.78, 5) is 6.97. The van der Waals surface area contributed by atoms with Gasteiger partial charge in [0.25, 0.3) is 0 Å². The summed E-state index contributed by atoms with van der Waals surface area (Å²) < 4.78 is 7.38. The second-order valence-corrected chi connectivity index (χ2v) is 5.56. The average molecular weight is 266 g/mol. The van der Waals surface area contributed by atoms with Gasteiger partial charge in [0.05, 0.1) is 18.3 Å². The third-order valence-electron chi connectivity index (χ3n) is 3.65. The molecule has 0 spiro atoms. The van der Waals surface area contributed by atoms with Crippen LogP contribution in [0.4, 0.5) is 5.95 Å². The summed E-state index contributed by atoms with van der Waals surface area (Å²) in [5.74, 6) is 0.950. The molecular formula is C14H26N4O. The van der Waals surface area contributed by atoms with Crippen LogP contribution < -0.4 is 5.32 Å². The maximum Gasteiger partial charge on any atom is 0.203 e. The molecule has 1 atom stereocenters. The lowest BCUT2D eigenvalue weighted by Crippen LogP contribution is -2.28. The molecular weight excluding hydrogens is 240 g/mol. The summed E-state index contributed by atoms with van der Waals surface area (Å²) in [6.07, 6.45) is 4.79. The Morgan fingerprint density at radius 3 is 2.95 bits per heavy atom. The van der Waals surface area contributed by atoms with Crippen LogP contribution in [0.1, 0.15) is 31.5 Å². The molecule has 1 N–H and O–H groups in total. The molecule has 5 heteroatoms. The van der Waals surface area contributed by atoms with Gasteiger partial charge in [0, 0.05) is 32.4 Å². The molecule has 1 aromatic heterocycles. The van der Waals surface area contributed by atoms with E-state index < -0.39 is 0 Å². The first kappa shape index (κ1) is 14.3. The number of nitrogens with one attached hydrogen (secondary N) is 1. The van der Waals surface area contributed by atoms with Crippen molar-refractivity contribution in [2.45, 2.75) is 38.8 Å². The van der Waals surface area contributed by atoms with Crippen LogP contribution >= 0.6 is 0 Å². The van der Waals surface area contributed by atoms with E-state index in [0.717, 1.165) is 30.8 Å². The molecule has 1 aromatic rings. The number of imidazole rings is 1. The SMILES string of the molecule is COCC(C)n1cc(C)nc1NCCN(C)C1CC1. The summed E-state index contributed by atoms with van der Waals surface area (Å²) in [5, 5.41) is 3.44. The summed E-state index contributed by atoms with van der Waals surface area (Å²) in [6.45, 7) is 6.87. The van der Waals surface area contributed by atoms with Crippen molar-refractivity contribution in [1.82, 2.24) is 14.5 Å². The molecule has 1 aliphatic carbocycles. The maximum absolute atomic E-state index is 5.22. The average Bonchev–Trinajstić information content (AvgIpc) is 3.14. The van der Waals surface area contributed by atoms with Crippen molar-refractivity contribution in [3.63, 3.8) is 0 Å². The molecule has 0 radical (unpaired) electrons. The van der Waals surface area contributed by atoms with Crippen molar-refractivity contribution in [3.8, 4) is 0 Å². The van der Waals surface area contributed by atoms with Gasteiger partial charge in [-0.1, -0.05) is 0 Å². The van der Waals surface area contributed by atoms with Gasteiger partial charge in [0.2, 0.25) is 5.95 Å². The molecule has 0 aromatic carbocycles. The number of likely N-dealkylation sites (N-methyl/N-ethyl adjacent to an activating group) is 1. The first-order valence-corrected chi connectivity index (χ1v) is 7.10. The van der Waals surface area contributed by atoms with Crippen molar-refractivity contribution in [2.75, 3.05) is 39.2 Å². The van der Waals surface area contributed by atoms with Crippen LogP contribution in [0.25, 0.3) is 0 Å². The smallest absolute Gasteiger partial charge is 0.203 e. The van der Waals surface area contributed by atoms with Gasteiger partial charge in [-0.25, -0.2) is 4.98 Å². The quantitative estimate of drug-likeness (QED) is 0.780. The first-order valence-electron chi connectivity index (χ1n) is 7.10. The highest BCUT2D eigenvalue weighted by Gasteiger charge is 2.25. The molecule has 108 valence electrons. The molecule has 1 heterocycles. The number of ether oxygens (including phenoxy) is 1. The molecule has 0 aliphatic heterocycles. The minimum absolute atomic E-state index is 0.301. The molecule has 2 rings (SSSR count). The zero-order chi connectivity index (χ0) is 13.8. The maximum atomic E-state index is 5.22. The predicted molar refractivity (Wildman–Crippen MR) is 77.7 cm³/mol. The Morgan fingerprint density at radius 2 is 2.32 bits per heavy atom. The van der Waals surface area contributed by atoms with Gasteiger partial charge in [0.15, 0.2) is 0 Å². The van der Waals surface area contributed by atoms with Crippen molar-refractivity contribution < 1.29 is 4.74 Å². The molecule has 0 bridgehead atoms. The van der Waals surface area contributed by atoms with Gasteiger partial charge in [-0.05, 0) is 33.7 Å². The fourth-order valence-electron chi connectivity index (χ4n) is 2.35. The molecule has 19 heavy (non-hydrogen) atoms. The second-order valence-electron chi connectivity index (χ2n) is 5.56. The number of hydrogen-bond acceptors (Lipinski definition) is 4. The number of aromatic nitrogens is 2. The van der Waals surface area contributed by atoms with Crippen molar-refractivity contribution in [3.05, 3.63) is 11.9 Å². The Morgan fingerprint density at radius 1 is 1.58 bits per heavy atom. The standard InChI is InChI=1S/C14H26N4O/c1-11-9-18(12(2)10-19-4)14(16-11)15-7-8-17(3)13-5-6-13/h9,12-13H,5-8,10H2,1-4H3,(H,15,16). The van der Waals surface area contributed by atoms with Crippen molar-refractivity contribution in [1.29, 1.82) is 0 Å². The second kappa shape index (κ2) is 6.39. The number of aryl methyl sites for hydroxylation is 1. The Labute approximate surface area is 116 Å².